The summed E-state index contributed by atoms with van der Waals surface area (Å²) in [7, 11) is 2.04. The topological polar surface area (TPSA) is 3.24 Å². The number of rotatable bonds is 5. The molecule has 0 saturated heterocycles. The Morgan fingerprint density at radius 1 is 1.50 bits per heavy atom. The van der Waals surface area contributed by atoms with Gasteiger partial charge >= 0.3 is 0 Å². The SMILES string of the molecule is CC(Cl)CCN(C)Cc1ccc(F)c(Br)c1. The molecule has 0 bridgehead atoms. The molecule has 0 spiro atoms. The molecule has 1 aromatic carbocycles. The molecule has 1 atom stereocenters. The summed E-state index contributed by atoms with van der Waals surface area (Å²) < 4.78 is 13.5. The average molecular weight is 309 g/mol. The molecule has 4 heteroatoms. The fourth-order valence-corrected chi connectivity index (χ4v) is 1.95. The van der Waals surface area contributed by atoms with E-state index in [2.05, 4.69) is 20.8 Å². The van der Waals surface area contributed by atoms with Crippen LogP contribution < -0.4 is 0 Å². The number of nitrogens with zero attached hydrogens (tertiary/aromatic N) is 1. The van der Waals surface area contributed by atoms with Gasteiger partial charge in [0, 0.05) is 11.9 Å². The highest BCUT2D eigenvalue weighted by atomic mass is 79.9. The molecule has 0 aliphatic rings. The van der Waals surface area contributed by atoms with Crippen molar-refractivity contribution in [2.45, 2.75) is 25.3 Å². The minimum absolute atomic E-state index is 0.197. The van der Waals surface area contributed by atoms with Gasteiger partial charge in [-0.3, -0.25) is 0 Å². The van der Waals surface area contributed by atoms with Gasteiger partial charge in [0.1, 0.15) is 5.82 Å². The molecule has 1 aromatic rings. The zero-order valence-electron chi connectivity index (χ0n) is 9.51. The maximum absolute atomic E-state index is 13.0. The molecule has 90 valence electrons. The van der Waals surface area contributed by atoms with E-state index in [4.69, 9.17) is 11.6 Å². The summed E-state index contributed by atoms with van der Waals surface area (Å²) in [6, 6.07) is 5.11. The van der Waals surface area contributed by atoms with E-state index in [0.717, 1.165) is 25.1 Å². The Labute approximate surface area is 110 Å². The lowest BCUT2D eigenvalue weighted by molar-refractivity contribution is 0.321. The van der Waals surface area contributed by atoms with Crippen molar-refractivity contribution in [3.05, 3.63) is 34.1 Å². The van der Waals surface area contributed by atoms with Crippen LogP contribution in [0.5, 0.6) is 0 Å². The number of benzene rings is 1. The predicted molar refractivity (Wildman–Crippen MR) is 70.4 cm³/mol. The second kappa shape index (κ2) is 6.58. The highest BCUT2D eigenvalue weighted by molar-refractivity contribution is 9.10. The summed E-state index contributed by atoms with van der Waals surface area (Å²) >= 11 is 9.07. The van der Waals surface area contributed by atoms with Gasteiger partial charge in [-0.25, -0.2) is 4.39 Å². The van der Waals surface area contributed by atoms with E-state index < -0.39 is 0 Å². The molecule has 0 amide bonds. The third-order valence-corrected chi connectivity index (χ3v) is 3.17. The van der Waals surface area contributed by atoms with Gasteiger partial charge in [0.25, 0.3) is 0 Å². The van der Waals surface area contributed by atoms with Crippen LogP contribution in [0, 0.1) is 5.82 Å². The van der Waals surface area contributed by atoms with Crippen molar-refractivity contribution in [3.8, 4) is 0 Å². The number of hydrogen-bond acceptors (Lipinski definition) is 1. The Morgan fingerprint density at radius 2 is 2.19 bits per heavy atom. The normalized spacial score (nSPS) is 13.1. The van der Waals surface area contributed by atoms with E-state index in [1.807, 2.05) is 20.0 Å². The van der Waals surface area contributed by atoms with Crippen LogP contribution >= 0.6 is 27.5 Å². The molecule has 0 aromatic heterocycles. The van der Waals surface area contributed by atoms with Crippen LogP contribution in [-0.2, 0) is 6.54 Å². The van der Waals surface area contributed by atoms with E-state index in [-0.39, 0.29) is 11.2 Å². The lowest BCUT2D eigenvalue weighted by atomic mass is 10.2. The van der Waals surface area contributed by atoms with Crippen LogP contribution in [-0.4, -0.2) is 23.9 Å². The molecule has 0 N–H and O–H groups in total. The third-order valence-electron chi connectivity index (χ3n) is 2.35. The third kappa shape index (κ3) is 4.81. The molecule has 1 unspecified atom stereocenters. The number of halogens is 3. The minimum atomic E-state index is -0.221. The second-order valence-electron chi connectivity index (χ2n) is 4.06. The molecule has 0 saturated carbocycles. The van der Waals surface area contributed by atoms with E-state index >= 15 is 0 Å². The van der Waals surface area contributed by atoms with Crippen molar-refractivity contribution in [2.75, 3.05) is 13.6 Å². The summed E-state index contributed by atoms with van der Waals surface area (Å²) in [6.07, 6.45) is 0.959. The Bertz CT molecular complexity index is 344. The fourth-order valence-electron chi connectivity index (χ4n) is 1.43. The highest BCUT2D eigenvalue weighted by Crippen LogP contribution is 2.17. The molecule has 1 nitrogen and oxygen atoms in total. The second-order valence-corrected chi connectivity index (χ2v) is 5.66. The number of hydrogen-bond donors (Lipinski definition) is 0. The van der Waals surface area contributed by atoms with Crippen molar-refractivity contribution in [3.63, 3.8) is 0 Å². The van der Waals surface area contributed by atoms with Gasteiger partial charge in [-0.05, 0) is 60.6 Å². The van der Waals surface area contributed by atoms with Crippen LogP contribution in [0.2, 0.25) is 0 Å². The molecule has 1 rings (SSSR count). The zero-order valence-corrected chi connectivity index (χ0v) is 11.9. The van der Waals surface area contributed by atoms with Crippen LogP contribution in [0.1, 0.15) is 18.9 Å². The van der Waals surface area contributed by atoms with Crippen LogP contribution in [0.25, 0.3) is 0 Å². The molecule has 0 heterocycles. The van der Waals surface area contributed by atoms with E-state index in [1.165, 1.54) is 6.07 Å². The molecular weight excluding hydrogens is 292 g/mol. The van der Waals surface area contributed by atoms with Crippen molar-refractivity contribution in [1.82, 2.24) is 4.90 Å². The number of alkyl halides is 1. The first kappa shape index (κ1) is 13.9. The van der Waals surface area contributed by atoms with Crippen LogP contribution in [0.3, 0.4) is 0 Å². The molecule has 0 radical (unpaired) electrons. The maximum atomic E-state index is 13.0. The Morgan fingerprint density at radius 3 is 2.75 bits per heavy atom. The average Bonchev–Trinajstić information content (AvgIpc) is 2.21. The van der Waals surface area contributed by atoms with Gasteiger partial charge in [0.2, 0.25) is 0 Å². The minimum Gasteiger partial charge on any atom is -0.302 e. The Kier molecular flexibility index (Phi) is 5.73. The van der Waals surface area contributed by atoms with Crippen molar-refractivity contribution in [2.24, 2.45) is 0 Å². The summed E-state index contributed by atoms with van der Waals surface area (Å²) in [6.45, 7) is 3.74. The molecule has 0 aliphatic heterocycles. The summed E-state index contributed by atoms with van der Waals surface area (Å²) in [4.78, 5) is 2.18. The summed E-state index contributed by atoms with van der Waals surface area (Å²) in [5, 5.41) is 0.197. The zero-order chi connectivity index (χ0) is 12.1. The summed E-state index contributed by atoms with van der Waals surface area (Å²) in [5.41, 5.74) is 1.10. The van der Waals surface area contributed by atoms with Gasteiger partial charge < -0.3 is 4.90 Å². The Hall–Kier alpha value is -0.120. The van der Waals surface area contributed by atoms with E-state index in [0.29, 0.717) is 4.47 Å². The molecule has 0 fully saturated rings. The van der Waals surface area contributed by atoms with Gasteiger partial charge in [-0.2, -0.15) is 0 Å². The first-order valence-corrected chi connectivity index (χ1v) is 6.48. The molecular formula is C12H16BrClFN. The van der Waals surface area contributed by atoms with E-state index in [1.54, 1.807) is 6.07 Å². The van der Waals surface area contributed by atoms with E-state index in [9.17, 15) is 4.39 Å². The Balaban J connectivity index is 2.49. The monoisotopic (exact) mass is 307 g/mol. The smallest absolute Gasteiger partial charge is 0.137 e. The largest absolute Gasteiger partial charge is 0.302 e. The van der Waals surface area contributed by atoms with Crippen molar-refractivity contribution >= 4 is 27.5 Å². The highest BCUT2D eigenvalue weighted by Gasteiger charge is 2.05. The van der Waals surface area contributed by atoms with Gasteiger partial charge in [0.05, 0.1) is 4.47 Å². The summed E-state index contributed by atoms with van der Waals surface area (Å²) in [5.74, 6) is -0.221. The predicted octanol–water partition coefficient (Wildman–Crippen LogP) is 4.04. The lowest BCUT2D eigenvalue weighted by Gasteiger charge is -2.17. The quantitative estimate of drug-likeness (QED) is 0.742. The van der Waals surface area contributed by atoms with Crippen molar-refractivity contribution in [1.29, 1.82) is 0 Å². The first-order chi connectivity index (χ1) is 7.49. The fraction of sp³-hybridized carbons (Fsp3) is 0.500. The van der Waals surface area contributed by atoms with Gasteiger partial charge in [-0.1, -0.05) is 6.07 Å². The van der Waals surface area contributed by atoms with Gasteiger partial charge in [-0.15, -0.1) is 11.6 Å². The molecule has 0 aliphatic carbocycles. The van der Waals surface area contributed by atoms with Gasteiger partial charge in [0.15, 0.2) is 0 Å². The molecule has 16 heavy (non-hydrogen) atoms. The van der Waals surface area contributed by atoms with Crippen LogP contribution in [0.15, 0.2) is 22.7 Å². The van der Waals surface area contributed by atoms with Crippen LogP contribution in [0.4, 0.5) is 4.39 Å². The standard InChI is InChI=1S/C12H16BrClFN/c1-9(14)5-6-16(2)8-10-3-4-12(15)11(13)7-10/h3-4,7,9H,5-6,8H2,1-2H3. The van der Waals surface area contributed by atoms with Crippen molar-refractivity contribution < 1.29 is 4.39 Å². The lowest BCUT2D eigenvalue weighted by Crippen LogP contribution is -2.20. The first-order valence-electron chi connectivity index (χ1n) is 5.25. The maximum Gasteiger partial charge on any atom is 0.137 e.